The smallest absolute Gasteiger partial charge is 0.428 e. The fourth-order valence-corrected chi connectivity index (χ4v) is 3.82. The van der Waals surface area contributed by atoms with Crippen LogP contribution in [0.15, 0.2) is 0 Å². The molecule has 1 aliphatic heterocycles. The molecule has 0 N–H and O–H groups in total. The van der Waals surface area contributed by atoms with Gasteiger partial charge in [0.05, 0.1) is 6.10 Å². The Morgan fingerprint density at radius 3 is 2.30 bits per heavy atom. The number of halogens is 2. The van der Waals surface area contributed by atoms with Crippen molar-refractivity contribution >= 4 is 28.6 Å². The van der Waals surface area contributed by atoms with Gasteiger partial charge in [0, 0.05) is 28.0 Å². The number of ether oxygens (including phenoxy) is 1. The van der Waals surface area contributed by atoms with E-state index in [0.29, 0.717) is 5.75 Å². The molecule has 0 saturated heterocycles. The number of fused-ring (bicyclic) bond motifs is 1. The summed E-state index contributed by atoms with van der Waals surface area (Å²) in [5, 5.41) is 0. The lowest BCUT2D eigenvalue weighted by Gasteiger charge is -2.30. The standard InChI is InChI=1S/C15H21Cl2O3P.C2H6/c1-5-6-12-7-8-13-11(4)14(20-21(16,17)18)9(2)10(3)15(13)19-12;1-2/h12H,5-8H2,1-4H3;1-2H3. The lowest BCUT2D eigenvalue weighted by atomic mass is 9.91. The highest BCUT2D eigenvalue weighted by molar-refractivity contribution is 8.05. The predicted octanol–water partition coefficient (Wildman–Crippen LogP) is 7.10. The summed E-state index contributed by atoms with van der Waals surface area (Å²) >= 11 is 11.2. The third-order valence-corrected chi connectivity index (χ3v) is 4.93. The van der Waals surface area contributed by atoms with Crippen molar-refractivity contribution in [1.82, 2.24) is 0 Å². The highest BCUT2D eigenvalue weighted by Crippen LogP contribution is 2.59. The number of hydrogen-bond acceptors (Lipinski definition) is 3. The second kappa shape index (κ2) is 8.65. The normalized spacial score (nSPS) is 16.8. The Morgan fingerprint density at radius 1 is 1.17 bits per heavy atom. The monoisotopic (exact) mass is 380 g/mol. The minimum Gasteiger partial charge on any atom is -0.490 e. The molecular formula is C17H27Cl2O3P. The largest absolute Gasteiger partial charge is 0.490 e. The van der Waals surface area contributed by atoms with E-state index in [9.17, 15) is 4.57 Å². The van der Waals surface area contributed by atoms with Gasteiger partial charge in [-0.25, -0.2) is 4.57 Å². The van der Waals surface area contributed by atoms with Crippen LogP contribution >= 0.6 is 28.6 Å². The first-order chi connectivity index (χ1) is 10.7. The average molecular weight is 381 g/mol. The zero-order valence-corrected chi connectivity index (χ0v) is 17.2. The van der Waals surface area contributed by atoms with Gasteiger partial charge in [-0.1, -0.05) is 27.2 Å². The summed E-state index contributed by atoms with van der Waals surface area (Å²) in [7, 11) is 0. The summed E-state index contributed by atoms with van der Waals surface area (Å²) in [6.07, 6.45) is 0.753. The first-order valence-electron chi connectivity index (χ1n) is 8.22. The van der Waals surface area contributed by atoms with Crippen LogP contribution in [0.2, 0.25) is 0 Å². The molecule has 2 rings (SSSR count). The van der Waals surface area contributed by atoms with Crippen molar-refractivity contribution in [2.75, 3.05) is 0 Å². The minimum absolute atomic E-state index is 0.277. The van der Waals surface area contributed by atoms with Crippen molar-refractivity contribution in [1.29, 1.82) is 0 Å². The highest BCUT2D eigenvalue weighted by atomic mass is 35.9. The van der Waals surface area contributed by atoms with Crippen molar-refractivity contribution in [3.63, 3.8) is 0 Å². The molecule has 1 aromatic carbocycles. The van der Waals surface area contributed by atoms with E-state index in [-0.39, 0.29) is 6.10 Å². The van der Waals surface area contributed by atoms with Crippen LogP contribution in [0.4, 0.5) is 0 Å². The molecule has 0 spiro atoms. The maximum atomic E-state index is 11.6. The van der Waals surface area contributed by atoms with Gasteiger partial charge in [0.15, 0.2) is 0 Å². The van der Waals surface area contributed by atoms with Gasteiger partial charge < -0.3 is 9.26 Å². The van der Waals surface area contributed by atoms with Crippen LogP contribution in [0.1, 0.15) is 62.3 Å². The summed E-state index contributed by atoms with van der Waals surface area (Å²) in [5.74, 6) is 1.47. The zero-order valence-electron chi connectivity index (χ0n) is 14.8. The molecule has 1 atom stereocenters. The molecule has 1 heterocycles. The van der Waals surface area contributed by atoms with Crippen LogP contribution in [0, 0.1) is 20.8 Å². The topological polar surface area (TPSA) is 35.5 Å². The van der Waals surface area contributed by atoms with E-state index >= 15 is 0 Å². The first-order valence-corrected chi connectivity index (χ1v) is 11.7. The van der Waals surface area contributed by atoms with Gasteiger partial charge in [-0.15, -0.1) is 0 Å². The maximum absolute atomic E-state index is 11.6. The molecule has 3 nitrogen and oxygen atoms in total. The Kier molecular flexibility index (Phi) is 7.77. The van der Waals surface area contributed by atoms with E-state index in [4.69, 9.17) is 31.7 Å². The van der Waals surface area contributed by atoms with Gasteiger partial charge in [0.2, 0.25) is 0 Å². The molecule has 0 aliphatic carbocycles. The van der Waals surface area contributed by atoms with Crippen LogP contribution in [0.3, 0.4) is 0 Å². The molecule has 0 aromatic heterocycles. The highest BCUT2D eigenvalue weighted by Gasteiger charge is 2.28. The molecule has 1 unspecified atom stereocenters. The van der Waals surface area contributed by atoms with Crippen LogP contribution in [0.5, 0.6) is 11.5 Å². The van der Waals surface area contributed by atoms with Crippen LogP contribution in [0.25, 0.3) is 0 Å². The quantitative estimate of drug-likeness (QED) is 0.522. The van der Waals surface area contributed by atoms with Crippen LogP contribution in [-0.4, -0.2) is 6.10 Å². The minimum atomic E-state index is -3.62. The lowest BCUT2D eigenvalue weighted by Crippen LogP contribution is -2.24. The summed E-state index contributed by atoms with van der Waals surface area (Å²) in [6.45, 7) is 12.0. The second-order valence-electron chi connectivity index (χ2n) is 5.58. The summed E-state index contributed by atoms with van der Waals surface area (Å²) in [6, 6.07) is 0. The Morgan fingerprint density at radius 2 is 1.78 bits per heavy atom. The number of benzene rings is 1. The average Bonchev–Trinajstić information content (AvgIpc) is 2.51. The molecule has 132 valence electrons. The fourth-order valence-electron chi connectivity index (χ4n) is 2.92. The Bertz CT molecular complexity index is 596. The number of hydrogen-bond donors (Lipinski definition) is 0. The summed E-state index contributed by atoms with van der Waals surface area (Å²) < 4.78 is 23.1. The maximum Gasteiger partial charge on any atom is 0.428 e. The molecular weight excluding hydrogens is 354 g/mol. The Labute approximate surface area is 149 Å². The first kappa shape index (κ1) is 20.7. The van der Waals surface area contributed by atoms with Gasteiger partial charge in [-0.05, 0) is 56.7 Å². The van der Waals surface area contributed by atoms with Gasteiger partial charge in [0.25, 0.3) is 0 Å². The van der Waals surface area contributed by atoms with Crippen molar-refractivity contribution < 1.29 is 13.8 Å². The van der Waals surface area contributed by atoms with Gasteiger partial charge >= 0.3 is 6.07 Å². The van der Waals surface area contributed by atoms with E-state index in [0.717, 1.165) is 53.7 Å². The van der Waals surface area contributed by atoms with Crippen LogP contribution < -0.4 is 9.26 Å². The van der Waals surface area contributed by atoms with Crippen molar-refractivity contribution in [3.8, 4) is 11.5 Å². The fraction of sp³-hybridized carbons (Fsp3) is 0.647. The van der Waals surface area contributed by atoms with Gasteiger partial charge in [0.1, 0.15) is 11.5 Å². The molecule has 0 saturated carbocycles. The van der Waals surface area contributed by atoms with E-state index in [1.54, 1.807) is 0 Å². The Balaban J connectivity index is 0.00000127. The zero-order chi connectivity index (χ0) is 17.8. The van der Waals surface area contributed by atoms with E-state index in [1.807, 2.05) is 34.6 Å². The second-order valence-corrected chi connectivity index (χ2v) is 9.79. The summed E-state index contributed by atoms with van der Waals surface area (Å²) in [5.41, 5.74) is 3.92. The van der Waals surface area contributed by atoms with Gasteiger partial charge in [-0.3, -0.25) is 0 Å². The van der Waals surface area contributed by atoms with Crippen LogP contribution in [-0.2, 0) is 11.0 Å². The van der Waals surface area contributed by atoms with Crippen molar-refractivity contribution in [2.45, 2.75) is 73.3 Å². The molecule has 0 amide bonds. The third-order valence-electron chi connectivity index (χ3n) is 4.12. The Hall–Kier alpha value is -0.370. The molecule has 0 fully saturated rings. The van der Waals surface area contributed by atoms with E-state index in [2.05, 4.69) is 6.92 Å². The molecule has 0 bridgehead atoms. The predicted molar refractivity (Wildman–Crippen MR) is 99.6 cm³/mol. The molecule has 1 aliphatic rings. The van der Waals surface area contributed by atoms with Gasteiger partial charge in [-0.2, -0.15) is 0 Å². The van der Waals surface area contributed by atoms with E-state index < -0.39 is 6.07 Å². The summed E-state index contributed by atoms with van der Waals surface area (Å²) in [4.78, 5) is 0. The molecule has 0 radical (unpaired) electrons. The molecule has 6 heteroatoms. The lowest BCUT2D eigenvalue weighted by molar-refractivity contribution is 0.161. The van der Waals surface area contributed by atoms with Crippen molar-refractivity contribution in [3.05, 3.63) is 22.3 Å². The van der Waals surface area contributed by atoms with E-state index in [1.165, 1.54) is 0 Å². The molecule has 23 heavy (non-hydrogen) atoms. The van der Waals surface area contributed by atoms with Crippen molar-refractivity contribution in [2.24, 2.45) is 0 Å². The third kappa shape index (κ3) is 5.05. The number of rotatable bonds is 4. The molecule has 1 aromatic rings. The SMILES string of the molecule is CC.CCCC1CCc2c(C)c(OP(=O)(Cl)Cl)c(C)c(C)c2O1.